The molecule has 0 aliphatic carbocycles. The largest absolute Gasteiger partial charge is 0.339 e. The second kappa shape index (κ2) is 7.98. The Morgan fingerprint density at radius 2 is 1.88 bits per heavy atom. The third-order valence-electron chi connectivity index (χ3n) is 5.45. The molecule has 0 N–H and O–H groups in total. The van der Waals surface area contributed by atoms with Gasteiger partial charge in [-0.3, -0.25) is 9.59 Å². The van der Waals surface area contributed by atoms with Gasteiger partial charge < -0.3 is 9.80 Å². The topological polar surface area (TPSA) is 40.6 Å². The molecule has 3 rings (SSSR count). The first-order valence-corrected chi connectivity index (χ1v) is 9.15. The van der Waals surface area contributed by atoms with Crippen LogP contribution in [0, 0.1) is 17.6 Å². The molecule has 2 aliphatic rings. The lowest BCUT2D eigenvalue weighted by Gasteiger charge is -2.34. The highest BCUT2D eigenvalue weighted by atomic mass is 19.1. The summed E-state index contributed by atoms with van der Waals surface area (Å²) in [5, 5.41) is 0. The molecule has 2 amide bonds. The Hall–Kier alpha value is -2.24. The number of nitrogens with zero attached hydrogens (tertiary/aromatic N) is 2. The Morgan fingerprint density at radius 3 is 2.58 bits per heavy atom. The summed E-state index contributed by atoms with van der Waals surface area (Å²) in [5.74, 6) is -1.02. The molecule has 2 heterocycles. The quantitative estimate of drug-likeness (QED) is 0.773. The molecule has 1 unspecified atom stereocenters. The molecule has 1 aromatic carbocycles. The van der Waals surface area contributed by atoms with Gasteiger partial charge in [0.25, 0.3) is 0 Å². The van der Waals surface area contributed by atoms with E-state index in [9.17, 15) is 18.4 Å². The Bertz CT molecular complexity index is 699. The Kier molecular flexibility index (Phi) is 5.69. The molecule has 26 heavy (non-hydrogen) atoms. The fraction of sp³-hybridized carbons (Fsp3) is 0.500. The molecule has 4 nitrogen and oxygen atoms in total. The highest BCUT2D eigenvalue weighted by Crippen LogP contribution is 2.28. The van der Waals surface area contributed by atoms with Crippen molar-refractivity contribution in [1.29, 1.82) is 0 Å². The van der Waals surface area contributed by atoms with Crippen molar-refractivity contribution in [3.63, 3.8) is 0 Å². The molecule has 6 heteroatoms. The fourth-order valence-electron chi connectivity index (χ4n) is 4.00. The monoisotopic (exact) mass is 362 g/mol. The third kappa shape index (κ3) is 3.94. The van der Waals surface area contributed by atoms with E-state index in [4.69, 9.17) is 0 Å². The van der Waals surface area contributed by atoms with Gasteiger partial charge in [0.15, 0.2) is 0 Å². The van der Waals surface area contributed by atoms with E-state index in [0.29, 0.717) is 44.5 Å². The lowest BCUT2D eigenvalue weighted by molar-refractivity contribution is -0.140. The van der Waals surface area contributed by atoms with Gasteiger partial charge in [0.05, 0.1) is 0 Å². The number of halogens is 2. The van der Waals surface area contributed by atoms with Crippen molar-refractivity contribution in [3.05, 3.63) is 48.1 Å². The predicted octanol–water partition coefficient (Wildman–Crippen LogP) is 2.92. The normalized spacial score (nSPS) is 21.1. The van der Waals surface area contributed by atoms with Gasteiger partial charge in [-0.25, -0.2) is 8.78 Å². The average molecular weight is 362 g/mol. The summed E-state index contributed by atoms with van der Waals surface area (Å²) in [6.45, 7) is 5.26. The molecule has 1 atom stereocenters. The maximum absolute atomic E-state index is 13.9. The van der Waals surface area contributed by atoms with Crippen LogP contribution in [-0.2, 0) is 16.0 Å². The summed E-state index contributed by atoms with van der Waals surface area (Å²) >= 11 is 0. The fourth-order valence-corrected chi connectivity index (χ4v) is 4.00. The summed E-state index contributed by atoms with van der Waals surface area (Å²) in [4.78, 5) is 28.1. The second-order valence-corrected chi connectivity index (χ2v) is 7.07. The standard InChI is InChI=1S/C20H24F2N2O2/c1-2-19(25)23-10-7-14(8-11-23)20(26)24-9-3-4-17(24)13-15-12-16(21)5-6-18(15)22/h2,5-6,12,14,17H,1,3-4,7-11,13H2. The molecule has 2 aliphatic heterocycles. The number of benzene rings is 1. The zero-order chi connectivity index (χ0) is 18.7. The molecular weight excluding hydrogens is 338 g/mol. The predicted molar refractivity (Wildman–Crippen MR) is 94.3 cm³/mol. The SMILES string of the molecule is C=CC(=O)N1CCC(C(=O)N2CCCC2Cc2cc(F)ccc2F)CC1. The van der Waals surface area contributed by atoms with Crippen LogP contribution in [0.3, 0.4) is 0 Å². The van der Waals surface area contributed by atoms with Gasteiger partial charge in [-0.2, -0.15) is 0 Å². The first-order valence-electron chi connectivity index (χ1n) is 9.15. The Balaban J connectivity index is 1.63. The molecule has 1 aromatic rings. The number of rotatable bonds is 4. The highest BCUT2D eigenvalue weighted by molar-refractivity contribution is 5.87. The zero-order valence-electron chi connectivity index (χ0n) is 14.8. The van der Waals surface area contributed by atoms with Crippen molar-refractivity contribution in [1.82, 2.24) is 9.80 Å². The van der Waals surface area contributed by atoms with Gasteiger partial charge in [-0.05, 0) is 61.9 Å². The minimum atomic E-state index is -0.462. The van der Waals surface area contributed by atoms with Gasteiger partial charge >= 0.3 is 0 Å². The van der Waals surface area contributed by atoms with E-state index in [1.807, 2.05) is 4.90 Å². The minimum absolute atomic E-state index is 0.0787. The van der Waals surface area contributed by atoms with Gasteiger partial charge in [-0.1, -0.05) is 6.58 Å². The van der Waals surface area contributed by atoms with Gasteiger partial charge in [0.2, 0.25) is 11.8 Å². The average Bonchev–Trinajstić information content (AvgIpc) is 3.11. The lowest BCUT2D eigenvalue weighted by atomic mass is 9.94. The van der Waals surface area contributed by atoms with Crippen molar-refractivity contribution in [2.75, 3.05) is 19.6 Å². The van der Waals surface area contributed by atoms with Crippen molar-refractivity contribution >= 4 is 11.8 Å². The Morgan fingerprint density at radius 1 is 1.15 bits per heavy atom. The third-order valence-corrected chi connectivity index (χ3v) is 5.45. The van der Waals surface area contributed by atoms with Crippen molar-refractivity contribution in [2.45, 2.75) is 38.1 Å². The van der Waals surface area contributed by atoms with Crippen molar-refractivity contribution < 1.29 is 18.4 Å². The van der Waals surface area contributed by atoms with Crippen LogP contribution in [0.2, 0.25) is 0 Å². The number of carbonyl (C=O) groups is 2. The van der Waals surface area contributed by atoms with Gasteiger partial charge in [0, 0.05) is 31.6 Å². The summed E-state index contributed by atoms with van der Waals surface area (Å²) in [7, 11) is 0. The molecular formula is C20H24F2N2O2. The maximum Gasteiger partial charge on any atom is 0.245 e. The molecule has 2 fully saturated rings. The number of carbonyl (C=O) groups excluding carboxylic acids is 2. The summed E-state index contributed by atoms with van der Waals surface area (Å²) in [5.41, 5.74) is 0.320. The minimum Gasteiger partial charge on any atom is -0.339 e. The van der Waals surface area contributed by atoms with E-state index in [-0.39, 0.29) is 23.8 Å². The van der Waals surface area contributed by atoms with Gasteiger partial charge in [0.1, 0.15) is 11.6 Å². The van der Waals surface area contributed by atoms with Crippen LogP contribution in [0.5, 0.6) is 0 Å². The lowest BCUT2D eigenvalue weighted by Crippen LogP contribution is -2.46. The smallest absolute Gasteiger partial charge is 0.245 e. The van der Waals surface area contributed by atoms with E-state index in [0.717, 1.165) is 25.0 Å². The number of hydrogen-bond donors (Lipinski definition) is 0. The van der Waals surface area contributed by atoms with Crippen LogP contribution >= 0.6 is 0 Å². The molecule has 140 valence electrons. The van der Waals surface area contributed by atoms with E-state index < -0.39 is 11.6 Å². The number of likely N-dealkylation sites (tertiary alicyclic amines) is 2. The van der Waals surface area contributed by atoms with Crippen LogP contribution < -0.4 is 0 Å². The van der Waals surface area contributed by atoms with Crippen LogP contribution in [0.15, 0.2) is 30.9 Å². The first kappa shape index (κ1) is 18.5. The summed E-state index contributed by atoms with van der Waals surface area (Å²) < 4.78 is 27.4. The number of amides is 2. The Labute approximate surface area is 152 Å². The van der Waals surface area contributed by atoms with Crippen LogP contribution in [0.25, 0.3) is 0 Å². The van der Waals surface area contributed by atoms with Crippen molar-refractivity contribution in [2.24, 2.45) is 5.92 Å². The number of piperidine rings is 1. The van der Waals surface area contributed by atoms with E-state index in [2.05, 4.69) is 6.58 Å². The number of hydrogen-bond acceptors (Lipinski definition) is 2. The molecule has 0 spiro atoms. The van der Waals surface area contributed by atoms with Crippen LogP contribution in [0.1, 0.15) is 31.2 Å². The van der Waals surface area contributed by atoms with Crippen LogP contribution in [0.4, 0.5) is 8.78 Å². The van der Waals surface area contributed by atoms with Gasteiger partial charge in [-0.15, -0.1) is 0 Å². The molecule has 0 bridgehead atoms. The van der Waals surface area contributed by atoms with E-state index in [1.54, 1.807) is 4.90 Å². The maximum atomic E-state index is 13.9. The summed E-state index contributed by atoms with van der Waals surface area (Å²) in [6, 6.07) is 3.37. The molecule has 0 saturated carbocycles. The highest BCUT2D eigenvalue weighted by Gasteiger charge is 2.35. The molecule has 0 radical (unpaired) electrons. The van der Waals surface area contributed by atoms with Crippen molar-refractivity contribution in [3.8, 4) is 0 Å². The molecule has 2 saturated heterocycles. The summed E-state index contributed by atoms with van der Waals surface area (Å²) in [6.07, 6.45) is 4.58. The molecule has 0 aromatic heterocycles. The van der Waals surface area contributed by atoms with E-state index >= 15 is 0 Å². The zero-order valence-corrected chi connectivity index (χ0v) is 14.8. The van der Waals surface area contributed by atoms with Crippen LogP contribution in [-0.4, -0.2) is 47.3 Å². The first-order chi connectivity index (χ1) is 12.5. The second-order valence-electron chi connectivity index (χ2n) is 7.07. The van der Waals surface area contributed by atoms with E-state index in [1.165, 1.54) is 12.1 Å².